The summed E-state index contributed by atoms with van der Waals surface area (Å²) in [7, 11) is 0. The molecule has 0 radical (unpaired) electrons. The lowest BCUT2D eigenvalue weighted by Gasteiger charge is -2.20. The molecule has 0 fully saturated rings. The fourth-order valence-corrected chi connectivity index (χ4v) is 4.37. The molecule has 0 saturated carbocycles. The molecule has 4 aromatic rings. The SMILES string of the molecule is CCCCOc1ccc2cc(C)ccc2c1-c1c(COCCC)ccc2cc(C)ccc12. The molecule has 0 amide bonds. The highest BCUT2D eigenvalue weighted by Gasteiger charge is 2.18. The van der Waals surface area contributed by atoms with E-state index in [-0.39, 0.29) is 0 Å². The second-order valence-corrected chi connectivity index (χ2v) is 8.74. The van der Waals surface area contributed by atoms with E-state index >= 15 is 0 Å². The molecule has 0 N–H and O–H groups in total. The van der Waals surface area contributed by atoms with E-state index in [0.717, 1.165) is 38.2 Å². The summed E-state index contributed by atoms with van der Waals surface area (Å²) < 4.78 is 12.4. The van der Waals surface area contributed by atoms with Gasteiger partial charge in [0.2, 0.25) is 0 Å². The molecule has 0 bridgehead atoms. The Balaban J connectivity index is 2.01. The number of ether oxygens (including phenoxy) is 2. The minimum absolute atomic E-state index is 0.601. The molecule has 0 atom stereocenters. The highest BCUT2D eigenvalue weighted by atomic mass is 16.5. The molecule has 2 nitrogen and oxygen atoms in total. The standard InChI is InChI=1S/C30H34O2/c1-5-7-17-32-28-15-12-24-19-22(4)9-14-27(24)30(28)29-25(20-31-16-6-2)11-10-23-18-21(3)8-13-26(23)29/h8-15,18-19H,5-7,16-17,20H2,1-4H3. The van der Waals surface area contributed by atoms with Crippen molar-refractivity contribution in [2.45, 2.75) is 53.6 Å². The second kappa shape index (κ2) is 10.2. The summed E-state index contributed by atoms with van der Waals surface area (Å²) in [6.45, 7) is 10.7. The van der Waals surface area contributed by atoms with E-state index in [4.69, 9.17) is 9.47 Å². The van der Waals surface area contributed by atoms with E-state index < -0.39 is 0 Å². The maximum atomic E-state index is 6.38. The van der Waals surface area contributed by atoms with Crippen molar-refractivity contribution in [3.63, 3.8) is 0 Å². The van der Waals surface area contributed by atoms with Gasteiger partial charge in [-0.3, -0.25) is 0 Å². The fraction of sp³-hybridized carbons (Fsp3) is 0.333. The fourth-order valence-electron chi connectivity index (χ4n) is 4.37. The lowest BCUT2D eigenvalue weighted by molar-refractivity contribution is 0.122. The summed E-state index contributed by atoms with van der Waals surface area (Å²) in [6, 6.07) is 22.2. The van der Waals surface area contributed by atoms with Crippen LogP contribution in [0.4, 0.5) is 0 Å². The highest BCUT2D eigenvalue weighted by molar-refractivity contribution is 6.09. The summed E-state index contributed by atoms with van der Waals surface area (Å²) in [6.07, 6.45) is 3.18. The Hall–Kier alpha value is -2.84. The van der Waals surface area contributed by atoms with Crippen LogP contribution in [0.3, 0.4) is 0 Å². The van der Waals surface area contributed by atoms with Crippen LogP contribution < -0.4 is 4.74 Å². The van der Waals surface area contributed by atoms with Gasteiger partial charge >= 0.3 is 0 Å². The van der Waals surface area contributed by atoms with E-state index in [1.165, 1.54) is 49.4 Å². The molecule has 4 aromatic carbocycles. The third-order valence-corrected chi connectivity index (χ3v) is 6.01. The molecule has 0 aromatic heterocycles. The van der Waals surface area contributed by atoms with Crippen molar-refractivity contribution in [2.75, 3.05) is 13.2 Å². The molecule has 0 unspecified atom stereocenters. The molecule has 32 heavy (non-hydrogen) atoms. The largest absolute Gasteiger partial charge is 0.493 e. The summed E-state index contributed by atoms with van der Waals surface area (Å²) in [4.78, 5) is 0. The number of fused-ring (bicyclic) bond motifs is 2. The first-order chi connectivity index (χ1) is 15.6. The number of hydrogen-bond donors (Lipinski definition) is 0. The van der Waals surface area contributed by atoms with Crippen molar-refractivity contribution in [3.05, 3.63) is 77.4 Å². The molecule has 0 heterocycles. The van der Waals surface area contributed by atoms with Gasteiger partial charge in [-0.05, 0) is 65.4 Å². The van der Waals surface area contributed by atoms with Crippen molar-refractivity contribution in [1.29, 1.82) is 0 Å². The third-order valence-electron chi connectivity index (χ3n) is 6.01. The lowest BCUT2D eigenvalue weighted by atomic mass is 9.89. The van der Waals surface area contributed by atoms with Crippen LogP contribution in [0.25, 0.3) is 32.7 Å². The van der Waals surface area contributed by atoms with Gasteiger partial charge in [-0.2, -0.15) is 0 Å². The Morgan fingerprint density at radius 1 is 0.656 bits per heavy atom. The molecule has 2 heteroatoms. The second-order valence-electron chi connectivity index (χ2n) is 8.74. The van der Waals surface area contributed by atoms with Crippen LogP contribution in [0, 0.1) is 13.8 Å². The average Bonchev–Trinajstić information content (AvgIpc) is 2.79. The zero-order valence-electron chi connectivity index (χ0n) is 19.8. The first-order valence-corrected chi connectivity index (χ1v) is 11.9. The predicted molar refractivity (Wildman–Crippen MR) is 137 cm³/mol. The van der Waals surface area contributed by atoms with Crippen molar-refractivity contribution in [3.8, 4) is 16.9 Å². The lowest BCUT2D eigenvalue weighted by Crippen LogP contribution is -2.02. The monoisotopic (exact) mass is 426 g/mol. The van der Waals surface area contributed by atoms with Crippen molar-refractivity contribution in [2.24, 2.45) is 0 Å². The van der Waals surface area contributed by atoms with Crippen LogP contribution in [0.15, 0.2) is 60.7 Å². The molecule has 166 valence electrons. The van der Waals surface area contributed by atoms with Gasteiger partial charge in [0.05, 0.1) is 13.2 Å². The Morgan fingerprint density at radius 3 is 1.97 bits per heavy atom. The minimum Gasteiger partial charge on any atom is -0.493 e. The van der Waals surface area contributed by atoms with Crippen LogP contribution in [0.5, 0.6) is 5.75 Å². The van der Waals surface area contributed by atoms with Crippen LogP contribution in [-0.2, 0) is 11.3 Å². The van der Waals surface area contributed by atoms with Gasteiger partial charge in [0.25, 0.3) is 0 Å². The maximum absolute atomic E-state index is 6.38. The van der Waals surface area contributed by atoms with Crippen LogP contribution >= 0.6 is 0 Å². The summed E-state index contributed by atoms with van der Waals surface area (Å²) >= 11 is 0. The van der Waals surface area contributed by atoms with Gasteiger partial charge in [-0.1, -0.05) is 86.0 Å². The van der Waals surface area contributed by atoms with Gasteiger partial charge < -0.3 is 9.47 Å². The van der Waals surface area contributed by atoms with Gasteiger partial charge in [-0.25, -0.2) is 0 Å². The smallest absolute Gasteiger partial charge is 0.127 e. The molecule has 0 aliphatic heterocycles. The number of hydrogen-bond acceptors (Lipinski definition) is 2. The first-order valence-electron chi connectivity index (χ1n) is 11.9. The molecular weight excluding hydrogens is 392 g/mol. The van der Waals surface area contributed by atoms with Crippen molar-refractivity contribution in [1.82, 2.24) is 0 Å². The number of unbranched alkanes of at least 4 members (excludes halogenated alkanes) is 1. The molecule has 4 rings (SSSR count). The summed E-state index contributed by atoms with van der Waals surface area (Å²) in [5, 5.41) is 4.98. The molecule has 0 aliphatic carbocycles. The van der Waals surface area contributed by atoms with Gasteiger partial charge in [0.1, 0.15) is 5.75 Å². The van der Waals surface area contributed by atoms with E-state index in [1.807, 2.05) is 0 Å². The molecule has 0 aliphatic rings. The van der Waals surface area contributed by atoms with E-state index in [0.29, 0.717) is 6.61 Å². The maximum Gasteiger partial charge on any atom is 0.127 e. The highest BCUT2D eigenvalue weighted by Crippen LogP contribution is 2.43. The number of rotatable bonds is 9. The Morgan fingerprint density at radius 2 is 1.31 bits per heavy atom. The van der Waals surface area contributed by atoms with E-state index in [2.05, 4.69) is 88.4 Å². The van der Waals surface area contributed by atoms with Crippen LogP contribution in [0.2, 0.25) is 0 Å². The molecular formula is C30H34O2. The zero-order valence-corrected chi connectivity index (χ0v) is 19.8. The van der Waals surface area contributed by atoms with Crippen LogP contribution in [-0.4, -0.2) is 13.2 Å². The Bertz CT molecular complexity index is 1130. The first kappa shape index (κ1) is 22.4. The predicted octanol–water partition coefficient (Wildman–Crippen LogP) is 8.38. The summed E-state index contributed by atoms with van der Waals surface area (Å²) in [5.74, 6) is 0.958. The van der Waals surface area contributed by atoms with Crippen LogP contribution in [0.1, 0.15) is 49.8 Å². The normalized spacial score (nSPS) is 11.4. The van der Waals surface area contributed by atoms with Crippen molar-refractivity contribution >= 4 is 21.5 Å². The molecule has 0 spiro atoms. The summed E-state index contributed by atoms with van der Waals surface area (Å²) in [5.41, 5.74) is 6.17. The number of aryl methyl sites for hydroxylation is 2. The van der Waals surface area contributed by atoms with Gasteiger partial charge in [0, 0.05) is 12.2 Å². The van der Waals surface area contributed by atoms with Gasteiger partial charge in [0.15, 0.2) is 0 Å². The van der Waals surface area contributed by atoms with Crippen molar-refractivity contribution < 1.29 is 9.47 Å². The third kappa shape index (κ3) is 4.66. The minimum atomic E-state index is 0.601. The van der Waals surface area contributed by atoms with Gasteiger partial charge in [-0.15, -0.1) is 0 Å². The zero-order chi connectivity index (χ0) is 22.5. The quantitative estimate of drug-likeness (QED) is 0.250. The topological polar surface area (TPSA) is 18.5 Å². The average molecular weight is 427 g/mol. The Kier molecular flexibility index (Phi) is 7.12. The molecule has 0 saturated heterocycles. The van der Waals surface area contributed by atoms with E-state index in [9.17, 15) is 0 Å². The Labute approximate surface area is 192 Å². The van der Waals surface area contributed by atoms with E-state index in [1.54, 1.807) is 0 Å². The number of benzene rings is 4.